The number of rotatable bonds is 2. The maximum atomic E-state index is 6.11. The van der Waals surface area contributed by atoms with E-state index in [4.69, 9.17) is 17.3 Å². The van der Waals surface area contributed by atoms with Crippen molar-refractivity contribution in [2.24, 2.45) is 11.8 Å². The summed E-state index contributed by atoms with van der Waals surface area (Å²) in [6.07, 6.45) is 3.47. The van der Waals surface area contributed by atoms with Gasteiger partial charge in [-0.1, -0.05) is 31.5 Å². The molecular formula is C15H20ClN5. The van der Waals surface area contributed by atoms with Crippen LogP contribution in [0.2, 0.25) is 5.02 Å². The first-order chi connectivity index (χ1) is 10.1. The summed E-state index contributed by atoms with van der Waals surface area (Å²) < 4.78 is 1.92. The molecule has 2 aromatic rings. The van der Waals surface area contributed by atoms with Gasteiger partial charge in [-0.2, -0.15) is 0 Å². The Labute approximate surface area is 129 Å². The lowest BCUT2D eigenvalue weighted by Gasteiger charge is -2.31. The third-order valence-corrected chi connectivity index (χ3v) is 4.62. The van der Waals surface area contributed by atoms with E-state index in [9.17, 15) is 0 Å². The SMILES string of the molecule is CC1CC(C)CC(n2nnnc2-c2cccc(Cl)c2N)C1. The number of nitrogen functional groups attached to an aromatic ring is 1. The van der Waals surface area contributed by atoms with Gasteiger partial charge in [-0.15, -0.1) is 5.10 Å². The summed E-state index contributed by atoms with van der Waals surface area (Å²) >= 11 is 6.11. The summed E-state index contributed by atoms with van der Waals surface area (Å²) in [5.41, 5.74) is 7.42. The summed E-state index contributed by atoms with van der Waals surface area (Å²) in [6.45, 7) is 4.58. The molecule has 5 nitrogen and oxygen atoms in total. The molecule has 1 saturated carbocycles. The third-order valence-electron chi connectivity index (χ3n) is 4.29. The van der Waals surface area contributed by atoms with Gasteiger partial charge in [0.05, 0.1) is 16.8 Å². The molecule has 0 spiro atoms. The molecule has 6 heteroatoms. The van der Waals surface area contributed by atoms with Crippen LogP contribution in [0.1, 0.15) is 39.2 Å². The Morgan fingerprint density at radius 1 is 1.19 bits per heavy atom. The predicted molar refractivity (Wildman–Crippen MR) is 83.9 cm³/mol. The van der Waals surface area contributed by atoms with E-state index in [-0.39, 0.29) is 0 Å². The number of para-hydroxylation sites is 1. The highest BCUT2D eigenvalue weighted by atomic mass is 35.5. The number of hydrogen-bond acceptors (Lipinski definition) is 4. The second kappa shape index (κ2) is 5.64. The Kier molecular flexibility index (Phi) is 3.85. The van der Waals surface area contributed by atoms with E-state index in [1.165, 1.54) is 6.42 Å². The Balaban J connectivity index is 1.99. The highest BCUT2D eigenvalue weighted by molar-refractivity contribution is 6.33. The van der Waals surface area contributed by atoms with Gasteiger partial charge >= 0.3 is 0 Å². The molecule has 0 bridgehead atoms. The zero-order valence-electron chi connectivity index (χ0n) is 12.3. The van der Waals surface area contributed by atoms with Crippen LogP contribution < -0.4 is 5.73 Å². The maximum absolute atomic E-state index is 6.11. The molecule has 1 fully saturated rings. The van der Waals surface area contributed by atoms with Crippen LogP contribution in [0.5, 0.6) is 0 Å². The van der Waals surface area contributed by atoms with Crippen molar-refractivity contribution in [3.63, 3.8) is 0 Å². The van der Waals surface area contributed by atoms with E-state index in [0.29, 0.717) is 34.4 Å². The lowest BCUT2D eigenvalue weighted by molar-refractivity contribution is 0.209. The molecule has 112 valence electrons. The minimum atomic E-state index is 0.326. The van der Waals surface area contributed by atoms with Crippen molar-refractivity contribution in [1.82, 2.24) is 20.2 Å². The molecule has 3 rings (SSSR count). The number of halogens is 1. The standard InChI is InChI=1S/C15H20ClN5/c1-9-6-10(2)8-11(7-9)21-15(18-19-20-21)12-4-3-5-13(16)14(12)17/h3-5,9-11H,6-8,17H2,1-2H3. The van der Waals surface area contributed by atoms with Gasteiger partial charge in [-0.25, -0.2) is 4.68 Å². The van der Waals surface area contributed by atoms with Crippen LogP contribution in [0.4, 0.5) is 5.69 Å². The Hall–Kier alpha value is -1.62. The summed E-state index contributed by atoms with van der Waals surface area (Å²) in [6, 6.07) is 5.89. The average Bonchev–Trinajstić information content (AvgIpc) is 2.90. The van der Waals surface area contributed by atoms with E-state index in [2.05, 4.69) is 29.4 Å². The van der Waals surface area contributed by atoms with Gasteiger partial charge in [0.25, 0.3) is 0 Å². The molecule has 0 amide bonds. The van der Waals surface area contributed by atoms with E-state index in [1.807, 2.05) is 16.8 Å². The number of anilines is 1. The van der Waals surface area contributed by atoms with Crippen molar-refractivity contribution in [2.45, 2.75) is 39.2 Å². The highest BCUT2D eigenvalue weighted by Crippen LogP contribution is 2.38. The molecule has 2 atom stereocenters. The fourth-order valence-electron chi connectivity index (χ4n) is 3.45. The monoisotopic (exact) mass is 305 g/mol. The number of nitrogens with zero attached hydrogens (tertiary/aromatic N) is 4. The lowest BCUT2D eigenvalue weighted by Crippen LogP contribution is -2.24. The van der Waals surface area contributed by atoms with Gasteiger partial charge in [0.2, 0.25) is 0 Å². The molecule has 21 heavy (non-hydrogen) atoms. The minimum Gasteiger partial charge on any atom is -0.397 e. The van der Waals surface area contributed by atoms with Crippen LogP contribution >= 0.6 is 11.6 Å². The van der Waals surface area contributed by atoms with E-state index < -0.39 is 0 Å². The number of tetrazole rings is 1. The Morgan fingerprint density at radius 2 is 1.90 bits per heavy atom. The van der Waals surface area contributed by atoms with Crippen molar-refractivity contribution in [1.29, 1.82) is 0 Å². The van der Waals surface area contributed by atoms with Gasteiger partial charge < -0.3 is 5.73 Å². The van der Waals surface area contributed by atoms with Crippen molar-refractivity contribution >= 4 is 17.3 Å². The van der Waals surface area contributed by atoms with Crippen LogP contribution in [0.25, 0.3) is 11.4 Å². The smallest absolute Gasteiger partial charge is 0.184 e. The summed E-state index contributed by atoms with van der Waals surface area (Å²) in [5.74, 6) is 2.08. The van der Waals surface area contributed by atoms with Gasteiger partial charge in [-0.05, 0) is 53.7 Å². The number of nitrogens with two attached hydrogens (primary N) is 1. The predicted octanol–water partition coefficient (Wildman–Crippen LogP) is 3.57. The minimum absolute atomic E-state index is 0.326. The first-order valence-electron chi connectivity index (χ1n) is 7.38. The molecular weight excluding hydrogens is 286 g/mol. The topological polar surface area (TPSA) is 69.6 Å². The van der Waals surface area contributed by atoms with Crippen molar-refractivity contribution in [3.05, 3.63) is 23.2 Å². The first-order valence-corrected chi connectivity index (χ1v) is 7.76. The lowest BCUT2D eigenvalue weighted by atomic mass is 9.80. The van der Waals surface area contributed by atoms with Gasteiger partial charge in [-0.3, -0.25) is 0 Å². The summed E-state index contributed by atoms with van der Waals surface area (Å²) in [5, 5.41) is 12.8. The van der Waals surface area contributed by atoms with Gasteiger partial charge in [0.15, 0.2) is 5.82 Å². The van der Waals surface area contributed by atoms with E-state index in [0.717, 1.165) is 18.4 Å². The fourth-order valence-corrected chi connectivity index (χ4v) is 3.63. The molecule has 1 heterocycles. The quantitative estimate of drug-likeness (QED) is 0.861. The number of hydrogen-bond donors (Lipinski definition) is 1. The van der Waals surface area contributed by atoms with Crippen molar-refractivity contribution < 1.29 is 0 Å². The Bertz CT molecular complexity index is 629. The zero-order chi connectivity index (χ0) is 15.0. The normalized spacial score (nSPS) is 26.0. The maximum Gasteiger partial charge on any atom is 0.184 e. The summed E-state index contributed by atoms with van der Waals surface area (Å²) in [4.78, 5) is 0. The molecule has 2 N–H and O–H groups in total. The molecule has 1 aromatic heterocycles. The van der Waals surface area contributed by atoms with Gasteiger partial charge in [0.1, 0.15) is 0 Å². The second-order valence-electron chi connectivity index (χ2n) is 6.22. The largest absolute Gasteiger partial charge is 0.397 e. The second-order valence-corrected chi connectivity index (χ2v) is 6.63. The number of benzene rings is 1. The highest BCUT2D eigenvalue weighted by Gasteiger charge is 2.28. The Morgan fingerprint density at radius 3 is 2.62 bits per heavy atom. The molecule has 2 unspecified atom stereocenters. The molecule has 0 radical (unpaired) electrons. The van der Waals surface area contributed by atoms with Crippen molar-refractivity contribution in [2.75, 3.05) is 5.73 Å². The average molecular weight is 306 g/mol. The van der Waals surface area contributed by atoms with E-state index >= 15 is 0 Å². The van der Waals surface area contributed by atoms with Crippen LogP contribution in [-0.4, -0.2) is 20.2 Å². The molecule has 0 saturated heterocycles. The zero-order valence-corrected chi connectivity index (χ0v) is 13.1. The van der Waals surface area contributed by atoms with Crippen LogP contribution in [0.3, 0.4) is 0 Å². The fraction of sp³-hybridized carbons (Fsp3) is 0.533. The first kappa shape index (κ1) is 14.3. The molecule has 1 aromatic carbocycles. The van der Waals surface area contributed by atoms with E-state index in [1.54, 1.807) is 6.07 Å². The molecule has 1 aliphatic carbocycles. The molecule has 1 aliphatic rings. The third kappa shape index (κ3) is 2.75. The van der Waals surface area contributed by atoms with Crippen LogP contribution in [-0.2, 0) is 0 Å². The number of aromatic nitrogens is 4. The van der Waals surface area contributed by atoms with Gasteiger partial charge in [0, 0.05) is 5.56 Å². The van der Waals surface area contributed by atoms with Crippen LogP contribution in [0, 0.1) is 11.8 Å². The van der Waals surface area contributed by atoms with Crippen LogP contribution in [0.15, 0.2) is 18.2 Å². The summed E-state index contributed by atoms with van der Waals surface area (Å²) in [7, 11) is 0. The molecule has 0 aliphatic heterocycles. The van der Waals surface area contributed by atoms with Crippen molar-refractivity contribution in [3.8, 4) is 11.4 Å².